The lowest BCUT2D eigenvalue weighted by Crippen LogP contribution is -1.40. The fraction of sp³-hybridized carbons (Fsp3) is 0. The normalized spacial score (nSPS) is 7.43. The number of aromatic hydroxyl groups is 1. The summed E-state index contributed by atoms with van der Waals surface area (Å²) in [6, 6.07) is 3.09. The van der Waals surface area contributed by atoms with Crippen LogP contribution >= 0.6 is 13.5 Å². The molecule has 0 bridgehead atoms. The molecule has 0 saturated carbocycles. The lowest BCUT2D eigenvalue weighted by molar-refractivity contribution is 0.332. The Balaban J connectivity index is 0.000000360. The highest BCUT2D eigenvalue weighted by molar-refractivity contribution is 7.59. The number of hydrogen-bond donors (Lipinski definition) is 1. The van der Waals surface area contributed by atoms with Gasteiger partial charge in [0.2, 0.25) is 0 Å². The monoisotopic (exact) mass is 118 g/mol. The highest BCUT2D eigenvalue weighted by atomic mass is 32.1. The molecular formula is C4H6O2S. The maximum absolute atomic E-state index is 8.31. The van der Waals surface area contributed by atoms with Crippen LogP contribution in [0.5, 0.6) is 5.95 Å². The predicted octanol–water partition coefficient (Wildman–Crippen LogP) is 1.10. The summed E-state index contributed by atoms with van der Waals surface area (Å²) < 4.78 is 4.39. The summed E-state index contributed by atoms with van der Waals surface area (Å²) in [7, 11) is 0. The summed E-state index contributed by atoms with van der Waals surface area (Å²) >= 11 is 0. The molecule has 0 aromatic carbocycles. The van der Waals surface area contributed by atoms with Gasteiger partial charge in [0.15, 0.2) is 0 Å². The van der Waals surface area contributed by atoms with Gasteiger partial charge in [0.25, 0.3) is 5.95 Å². The molecule has 1 aromatic heterocycles. The van der Waals surface area contributed by atoms with Crippen LogP contribution in [0.2, 0.25) is 0 Å². The molecule has 0 radical (unpaired) electrons. The molecule has 0 aliphatic rings. The predicted molar refractivity (Wildman–Crippen MR) is 30.8 cm³/mol. The zero-order chi connectivity index (χ0) is 4.41. The van der Waals surface area contributed by atoms with Crippen molar-refractivity contribution < 1.29 is 9.52 Å². The molecule has 0 fully saturated rings. The number of furan rings is 1. The van der Waals surface area contributed by atoms with E-state index in [1.54, 1.807) is 6.07 Å². The molecule has 0 aliphatic heterocycles. The Bertz CT molecular complexity index is 113. The minimum absolute atomic E-state index is 0. The average molecular weight is 118 g/mol. The van der Waals surface area contributed by atoms with Gasteiger partial charge in [-0.3, -0.25) is 0 Å². The van der Waals surface area contributed by atoms with Gasteiger partial charge in [-0.15, -0.1) is 0 Å². The fourth-order valence-electron chi connectivity index (χ4n) is 0.270. The zero-order valence-electron chi connectivity index (χ0n) is 3.59. The van der Waals surface area contributed by atoms with Crippen molar-refractivity contribution >= 4 is 13.5 Å². The molecule has 3 heteroatoms. The average Bonchev–Trinajstić information content (AvgIpc) is 1.86. The third-order valence-corrected chi connectivity index (χ3v) is 0.506. The van der Waals surface area contributed by atoms with Gasteiger partial charge in [0.05, 0.1) is 6.26 Å². The van der Waals surface area contributed by atoms with Crippen LogP contribution in [-0.4, -0.2) is 5.11 Å². The minimum Gasteiger partial charge on any atom is -0.481 e. The van der Waals surface area contributed by atoms with Gasteiger partial charge in [0.1, 0.15) is 0 Å². The number of rotatable bonds is 0. The third-order valence-electron chi connectivity index (χ3n) is 0.506. The van der Waals surface area contributed by atoms with Gasteiger partial charge in [-0.2, -0.15) is 13.5 Å². The Morgan fingerprint density at radius 3 is 2.43 bits per heavy atom. The highest BCUT2D eigenvalue weighted by Crippen LogP contribution is 2.04. The molecule has 0 unspecified atom stereocenters. The van der Waals surface area contributed by atoms with E-state index in [1.165, 1.54) is 12.3 Å². The SMILES string of the molecule is Oc1ccco1.S. The van der Waals surface area contributed by atoms with E-state index in [0.717, 1.165) is 0 Å². The van der Waals surface area contributed by atoms with Crippen LogP contribution in [0, 0.1) is 0 Å². The Labute approximate surface area is 48.2 Å². The van der Waals surface area contributed by atoms with Crippen LogP contribution in [0.25, 0.3) is 0 Å². The van der Waals surface area contributed by atoms with Crippen LogP contribution < -0.4 is 0 Å². The summed E-state index contributed by atoms with van der Waals surface area (Å²) in [5.41, 5.74) is 0. The van der Waals surface area contributed by atoms with E-state index in [0.29, 0.717) is 0 Å². The molecule has 7 heavy (non-hydrogen) atoms. The molecular weight excluding hydrogens is 112 g/mol. The maximum Gasteiger partial charge on any atom is 0.281 e. The number of hydrogen-bond acceptors (Lipinski definition) is 2. The molecule has 40 valence electrons. The Kier molecular flexibility index (Phi) is 2.37. The summed E-state index contributed by atoms with van der Waals surface area (Å²) in [5, 5.41) is 8.31. The van der Waals surface area contributed by atoms with Crippen LogP contribution in [0.15, 0.2) is 22.8 Å². The smallest absolute Gasteiger partial charge is 0.281 e. The van der Waals surface area contributed by atoms with Crippen molar-refractivity contribution in [1.82, 2.24) is 0 Å². The first-order chi connectivity index (χ1) is 2.89. The third kappa shape index (κ3) is 1.55. The van der Waals surface area contributed by atoms with Gasteiger partial charge in [-0.1, -0.05) is 0 Å². The molecule has 0 amide bonds. The quantitative estimate of drug-likeness (QED) is 0.553. The van der Waals surface area contributed by atoms with E-state index in [4.69, 9.17) is 5.11 Å². The van der Waals surface area contributed by atoms with E-state index in [-0.39, 0.29) is 19.4 Å². The van der Waals surface area contributed by atoms with E-state index < -0.39 is 0 Å². The Hall–Kier alpha value is -0.570. The Morgan fingerprint density at radius 1 is 1.57 bits per heavy atom. The van der Waals surface area contributed by atoms with Crippen LogP contribution in [0.4, 0.5) is 0 Å². The van der Waals surface area contributed by atoms with Crippen molar-refractivity contribution in [1.29, 1.82) is 0 Å². The largest absolute Gasteiger partial charge is 0.481 e. The molecule has 2 nitrogen and oxygen atoms in total. The minimum atomic E-state index is -0.0324. The van der Waals surface area contributed by atoms with E-state index in [9.17, 15) is 0 Å². The van der Waals surface area contributed by atoms with Gasteiger partial charge in [0, 0.05) is 6.07 Å². The maximum atomic E-state index is 8.31. The lowest BCUT2D eigenvalue weighted by atomic mass is 10.7. The first-order valence-electron chi connectivity index (χ1n) is 1.62. The molecule has 0 spiro atoms. The van der Waals surface area contributed by atoms with E-state index >= 15 is 0 Å². The van der Waals surface area contributed by atoms with E-state index in [1.807, 2.05) is 0 Å². The second-order valence-electron chi connectivity index (χ2n) is 0.951. The van der Waals surface area contributed by atoms with Crippen LogP contribution in [-0.2, 0) is 0 Å². The summed E-state index contributed by atoms with van der Waals surface area (Å²) in [6.45, 7) is 0. The lowest BCUT2D eigenvalue weighted by Gasteiger charge is -1.69. The van der Waals surface area contributed by atoms with Crippen molar-refractivity contribution in [2.45, 2.75) is 0 Å². The molecule has 1 heterocycles. The van der Waals surface area contributed by atoms with Gasteiger partial charge in [-0.25, -0.2) is 0 Å². The van der Waals surface area contributed by atoms with Crippen LogP contribution in [0.1, 0.15) is 0 Å². The topological polar surface area (TPSA) is 33.4 Å². The van der Waals surface area contributed by atoms with Crippen molar-refractivity contribution in [3.8, 4) is 5.95 Å². The molecule has 0 aliphatic carbocycles. The van der Waals surface area contributed by atoms with E-state index in [2.05, 4.69) is 4.42 Å². The van der Waals surface area contributed by atoms with Crippen molar-refractivity contribution in [2.24, 2.45) is 0 Å². The standard InChI is InChI=1S/C4H4O2.H2S/c5-4-2-1-3-6-4;/h1-3,5H;1H2. The van der Waals surface area contributed by atoms with Crippen molar-refractivity contribution in [2.75, 3.05) is 0 Å². The zero-order valence-corrected chi connectivity index (χ0v) is 4.59. The molecule has 0 saturated heterocycles. The molecule has 1 aromatic rings. The van der Waals surface area contributed by atoms with Gasteiger partial charge >= 0.3 is 0 Å². The van der Waals surface area contributed by atoms with Crippen molar-refractivity contribution in [3.05, 3.63) is 18.4 Å². The summed E-state index contributed by atoms with van der Waals surface area (Å²) in [6.07, 6.45) is 1.41. The molecule has 1 rings (SSSR count). The first-order valence-corrected chi connectivity index (χ1v) is 1.62. The Morgan fingerprint density at radius 2 is 2.29 bits per heavy atom. The fourth-order valence-corrected chi connectivity index (χ4v) is 0.270. The first kappa shape index (κ1) is 6.43. The summed E-state index contributed by atoms with van der Waals surface area (Å²) in [4.78, 5) is 0. The molecule has 1 N–H and O–H groups in total. The second-order valence-corrected chi connectivity index (χ2v) is 0.951. The van der Waals surface area contributed by atoms with Gasteiger partial charge < -0.3 is 9.52 Å². The van der Waals surface area contributed by atoms with Gasteiger partial charge in [-0.05, 0) is 6.07 Å². The second kappa shape index (κ2) is 2.58. The van der Waals surface area contributed by atoms with Crippen LogP contribution in [0.3, 0.4) is 0 Å². The molecule has 0 atom stereocenters. The van der Waals surface area contributed by atoms with Crippen molar-refractivity contribution in [3.63, 3.8) is 0 Å². The highest BCUT2D eigenvalue weighted by Gasteiger charge is 1.79. The summed E-state index contributed by atoms with van der Waals surface area (Å²) in [5.74, 6) is -0.0324.